The van der Waals surface area contributed by atoms with Crippen LogP contribution >= 0.6 is 0 Å². The summed E-state index contributed by atoms with van der Waals surface area (Å²) in [7, 11) is -2.53. The largest absolute Gasteiger partial charge is 0.479 e. The fourth-order valence-corrected chi connectivity index (χ4v) is 2.46. The van der Waals surface area contributed by atoms with Crippen LogP contribution in [0, 0.1) is 0 Å². The molecule has 0 fully saturated rings. The summed E-state index contributed by atoms with van der Waals surface area (Å²) in [6, 6.07) is 5.07. The van der Waals surface area contributed by atoms with Gasteiger partial charge in [-0.15, -0.1) is 0 Å². The van der Waals surface area contributed by atoms with Crippen LogP contribution in [0.1, 0.15) is 17.3 Å². The van der Waals surface area contributed by atoms with Gasteiger partial charge in [-0.2, -0.15) is 0 Å². The smallest absolute Gasteiger partial charge is 0.336 e. The van der Waals surface area contributed by atoms with Crippen LogP contribution in [-0.2, 0) is 14.8 Å². The first-order chi connectivity index (χ1) is 9.60. The van der Waals surface area contributed by atoms with Gasteiger partial charge in [0.25, 0.3) is 5.91 Å². The molecule has 0 aliphatic carbocycles. The number of nitrogens with one attached hydrogen (secondary N) is 2. The van der Waals surface area contributed by atoms with Crippen LogP contribution in [0.2, 0.25) is 0 Å². The van der Waals surface area contributed by atoms with E-state index in [1.165, 1.54) is 31.3 Å². The van der Waals surface area contributed by atoms with Gasteiger partial charge in [-0.25, -0.2) is 17.9 Å². The third kappa shape index (κ3) is 4.25. The Morgan fingerprint density at radius 2 is 1.76 bits per heavy atom. The second kappa shape index (κ2) is 6.20. The number of sulfonamides is 1. The fraction of sp³-hybridized carbons (Fsp3) is 0.333. The van der Waals surface area contributed by atoms with Crippen LogP contribution in [-0.4, -0.2) is 49.7 Å². The van der Waals surface area contributed by atoms with Crippen molar-refractivity contribution in [2.24, 2.45) is 0 Å². The highest BCUT2D eigenvalue weighted by Crippen LogP contribution is 2.12. The molecule has 0 aliphatic heterocycles. The predicted octanol–water partition coefficient (Wildman–Crippen LogP) is -0.840. The number of hydrogen-bond donors (Lipinski definition) is 4. The second-order valence-electron chi connectivity index (χ2n) is 4.51. The summed E-state index contributed by atoms with van der Waals surface area (Å²) in [5.41, 5.74) is -1.93. The van der Waals surface area contributed by atoms with Gasteiger partial charge in [-0.3, -0.25) is 4.79 Å². The minimum Gasteiger partial charge on any atom is -0.479 e. The Bertz CT molecular complexity index is 636. The maximum Gasteiger partial charge on any atom is 0.336 e. The first-order valence-corrected chi connectivity index (χ1v) is 7.36. The van der Waals surface area contributed by atoms with Crippen LogP contribution in [0.15, 0.2) is 29.2 Å². The SMILES string of the molecule is CNC(=O)c1ccc(S(=O)(=O)NCC(C)(O)C(=O)O)cc1. The molecule has 1 atom stereocenters. The molecule has 0 aromatic heterocycles. The van der Waals surface area contributed by atoms with Crippen LogP contribution in [0.25, 0.3) is 0 Å². The average molecular weight is 316 g/mol. The Morgan fingerprint density at radius 3 is 2.19 bits per heavy atom. The summed E-state index contributed by atoms with van der Waals surface area (Å²) in [4.78, 5) is 21.9. The number of aliphatic hydroxyl groups is 1. The number of carbonyl (C=O) groups is 2. The van der Waals surface area contributed by atoms with E-state index in [1.54, 1.807) is 0 Å². The summed E-state index contributed by atoms with van der Waals surface area (Å²) in [5, 5.41) is 20.6. The molecule has 9 heteroatoms. The molecule has 1 amide bonds. The molecular formula is C12H16N2O6S. The van der Waals surface area contributed by atoms with Gasteiger partial charge in [0.1, 0.15) is 0 Å². The molecule has 0 radical (unpaired) electrons. The van der Waals surface area contributed by atoms with Crippen LogP contribution in [0.3, 0.4) is 0 Å². The number of rotatable bonds is 6. The van der Waals surface area contributed by atoms with E-state index in [0.29, 0.717) is 0 Å². The zero-order valence-corrected chi connectivity index (χ0v) is 12.3. The van der Waals surface area contributed by atoms with Gasteiger partial charge < -0.3 is 15.5 Å². The van der Waals surface area contributed by atoms with Crippen molar-refractivity contribution in [3.63, 3.8) is 0 Å². The van der Waals surface area contributed by atoms with Gasteiger partial charge in [0.2, 0.25) is 10.0 Å². The molecule has 8 nitrogen and oxygen atoms in total. The van der Waals surface area contributed by atoms with E-state index in [-0.39, 0.29) is 16.4 Å². The van der Waals surface area contributed by atoms with Crippen molar-refractivity contribution in [2.45, 2.75) is 17.4 Å². The fourth-order valence-electron chi connectivity index (χ4n) is 1.32. The van der Waals surface area contributed by atoms with E-state index in [4.69, 9.17) is 5.11 Å². The van der Waals surface area contributed by atoms with Crippen molar-refractivity contribution in [1.29, 1.82) is 0 Å². The first kappa shape index (κ1) is 17.1. The molecule has 0 saturated heterocycles. The Balaban J connectivity index is 2.89. The molecule has 1 aromatic carbocycles. The molecular weight excluding hydrogens is 300 g/mol. The van der Waals surface area contributed by atoms with Crippen molar-refractivity contribution < 1.29 is 28.2 Å². The molecule has 1 rings (SSSR count). The number of aliphatic carboxylic acids is 1. The van der Waals surface area contributed by atoms with E-state index < -0.39 is 28.1 Å². The number of carboxylic acids is 1. The van der Waals surface area contributed by atoms with Crippen LogP contribution < -0.4 is 10.0 Å². The normalized spacial score (nSPS) is 14.2. The van der Waals surface area contributed by atoms with Crippen LogP contribution in [0.5, 0.6) is 0 Å². The highest BCUT2D eigenvalue weighted by molar-refractivity contribution is 7.89. The molecule has 0 spiro atoms. The van der Waals surface area contributed by atoms with Crippen molar-refractivity contribution in [1.82, 2.24) is 10.0 Å². The first-order valence-electron chi connectivity index (χ1n) is 5.88. The van der Waals surface area contributed by atoms with Gasteiger partial charge in [0.05, 0.1) is 11.4 Å². The summed E-state index contributed by atoms with van der Waals surface area (Å²) in [5.74, 6) is -1.90. The quantitative estimate of drug-likeness (QED) is 0.541. The summed E-state index contributed by atoms with van der Waals surface area (Å²) < 4.78 is 25.9. The maximum absolute atomic E-state index is 11.9. The standard InChI is InChI=1S/C12H16N2O6S/c1-12(18,11(16)17)7-14-21(19,20)9-5-3-8(4-6-9)10(15)13-2/h3-6,14,18H,7H2,1-2H3,(H,13,15)(H,16,17). The molecule has 116 valence electrons. The lowest BCUT2D eigenvalue weighted by Crippen LogP contribution is -2.46. The Kier molecular flexibility index (Phi) is 5.05. The highest BCUT2D eigenvalue weighted by Gasteiger charge is 2.31. The van der Waals surface area contributed by atoms with E-state index in [2.05, 4.69) is 5.32 Å². The lowest BCUT2D eigenvalue weighted by molar-refractivity contribution is -0.155. The molecule has 0 bridgehead atoms. The Labute approximate surface area is 121 Å². The molecule has 1 aromatic rings. The zero-order valence-electron chi connectivity index (χ0n) is 11.5. The highest BCUT2D eigenvalue weighted by atomic mass is 32.2. The van der Waals surface area contributed by atoms with Gasteiger partial charge in [-0.1, -0.05) is 0 Å². The minimum absolute atomic E-state index is 0.142. The monoisotopic (exact) mass is 316 g/mol. The molecule has 21 heavy (non-hydrogen) atoms. The lowest BCUT2D eigenvalue weighted by atomic mass is 10.1. The van der Waals surface area contributed by atoms with Gasteiger partial charge >= 0.3 is 5.97 Å². The van der Waals surface area contributed by atoms with Crippen molar-refractivity contribution >= 4 is 21.9 Å². The number of carboxylic acid groups (broad SMARTS) is 1. The molecule has 1 unspecified atom stereocenters. The minimum atomic E-state index is -3.98. The van der Waals surface area contributed by atoms with Crippen molar-refractivity contribution in [2.75, 3.05) is 13.6 Å². The van der Waals surface area contributed by atoms with E-state index in [1.807, 2.05) is 4.72 Å². The average Bonchev–Trinajstić information content (AvgIpc) is 2.44. The number of carbonyl (C=O) groups excluding carboxylic acids is 1. The third-order valence-electron chi connectivity index (χ3n) is 2.72. The molecule has 0 saturated carbocycles. The van der Waals surface area contributed by atoms with E-state index in [0.717, 1.165) is 6.92 Å². The number of amides is 1. The van der Waals surface area contributed by atoms with Gasteiger partial charge in [0.15, 0.2) is 5.60 Å². The Hall–Kier alpha value is -1.97. The van der Waals surface area contributed by atoms with Crippen molar-refractivity contribution in [3.05, 3.63) is 29.8 Å². The van der Waals surface area contributed by atoms with Gasteiger partial charge in [0, 0.05) is 12.6 Å². The third-order valence-corrected chi connectivity index (χ3v) is 4.14. The molecule has 0 heterocycles. The van der Waals surface area contributed by atoms with Crippen molar-refractivity contribution in [3.8, 4) is 0 Å². The Morgan fingerprint density at radius 1 is 1.24 bits per heavy atom. The topological polar surface area (TPSA) is 133 Å². The van der Waals surface area contributed by atoms with Gasteiger partial charge in [-0.05, 0) is 31.2 Å². The number of benzene rings is 1. The molecule has 0 aliphatic rings. The summed E-state index contributed by atoms with van der Waals surface area (Å²) in [6.07, 6.45) is 0. The number of hydrogen-bond acceptors (Lipinski definition) is 5. The van der Waals surface area contributed by atoms with E-state index in [9.17, 15) is 23.1 Å². The molecule has 4 N–H and O–H groups in total. The zero-order chi connectivity index (χ0) is 16.3. The maximum atomic E-state index is 11.9. The summed E-state index contributed by atoms with van der Waals surface area (Å²) >= 11 is 0. The second-order valence-corrected chi connectivity index (χ2v) is 6.27. The lowest BCUT2D eigenvalue weighted by Gasteiger charge is -2.18. The summed E-state index contributed by atoms with van der Waals surface area (Å²) in [6.45, 7) is 0.300. The van der Waals surface area contributed by atoms with E-state index >= 15 is 0 Å². The van der Waals surface area contributed by atoms with Crippen LogP contribution in [0.4, 0.5) is 0 Å². The predicted molar refractivity (Wildman–Crippen MR) is 73.3 cm³/mol.